The van der Waals surface area contributed by atoms with Crippen LogP contribution in [-0.2, 0) is 17.9 Å². The van der Waals surface area contributed by atoms with Gasteiger partial charge >= 0.3 is 5.97 Å². The van der Waals surface area contributed by atoms with Gasteiger partial charge in [-0.1, -0.05) is 11.6 Å². The van der Waals surface area contributed by atoms with Gasteiger partial charge in [0.15, 0.2) is 0 Å². The first kappa shape index (κ1) is 8.52. The van der Waals surface area contributed by atoms with Crippen molar-refractivity contribution in [2.24, 2.45) is 0 Å². The van der Waals surface area contributed by atoms with E-state index in [4.69, 9.17) is 16.7 Å². The maximum absolute atomic E-state index is 10.7. The van der Waals surface area contributed by atoms with Gasteiger partial charge in [-0.05, 0) is 0 Å². The van der Waals surface area contributed by atoms with Crippen LogP contribution >= 0.6 is 11.6 Å². The van der Waals surface area contributed by atoms with Gasteiger partial charge in [0, 0.05) is 0 Å². The van der Waals surface area contributed by atoms with Crippen LogP contribution in [0.3, 0.4) is 0 Å². The largest absolute Gasteiger partial charge is 0.480 e. The summed E-state index contributed by atoms with van der Waals surface area (Å²) >= 11 is 5.81. The molecule has 1 aromatic rings. The number of fused-ring (bicyclic) bond motifs is 1. The van der Waals surface area contributed by atoms with Gasteiger partial charge in [0.1, 0.15) is 17.0 Å². The van der Waals surface area contributed by atoms with Crippen molar-refractivity contribution in [1.29, 1.82) is 0 Å². The molecular formula is C7H8ClN3O2. The lowest BCUT2D eigenvalue weighted by Gasteiger charge is -2.22. The summed E-state index contributed by atoms with van der Waals surface area (Å²) in [5.41, 5.74) is 0. The predicted molar refractivity (Wildman–Crippen MR) is 45.5 cm³/mol. The summed E-state index contributed by atoms with van der Waals surface area (Å²) in [7, 11) is 0. The van der Waals surface area contributed by atoms with E-state index in [-0.39, 0.29) is 0 Å². The fourth-order valence-corrected chi connectivity index (χ4v) is 1.57. The maximum atomic E-state index is 10.7. The lowest BCUT2D eigenvalue weighted by molar-refractivity contribution is -0.140. The number of carbonyl (C=O) groups is 1. The van der Waals surface area contributed by atoms with E-state index in [0.29, 0.717) is 18.2 Å². The van der Waals surface area contributed by atoms with Crippen LogP contribution in [0.4, 0.5) is 0 Å². The molecule has 1 aliphatic rings. The Hall–Kier alpha value is -1.07. The molecule has 0 saturated carbocycles. The van der Waals surface area contributed by atoms with Crippen molar-refractivity contribution in [2.45, 2.75) is 19.1 Å². The Morgan fingerprint density at radius 3 is 3.31 bits per heavy atom. The summed E-state index contributed by atoms with van der Waals surface area (Å²) in [4.78, 5) is 14.7. The average molecular weight is 202 g/mol. The highest BCUT2D eigenvalue weighted by Crippen LogP contribution is 2.15. The zero-order valence-corrected chi connectivity index (χ0v) is 7.45. The fourth-order valence-electron chi connectivity index (χ4n) is 1.35. The summed E-state index contributed by atoms with van der Waals surface area (Å²) in [5, 5.41) is 12.1. The summed E-state index contributed by atoms with van der Waals surface area (Å²) in [5.74, 6) is -0.0853. The van der Waals surface area contributed by atoms with Crippen molar-refractivity contribution in [1.82, 2.24) is 14.9 Å². The second kappa shape index (κ2) is 3.01. The van der Waals surface area contributed by atoms with Gasteiger partial charge < -0.3 is 9.67 Å². The Kier molecular flexibility index (Phi) is 1.97. The highest BCUT2D eigenvalue weighted by Gasteiger charge is 2.25. The number of carboxylic acid groups (broad SMARTS) is 1. The van der Waals surface area contributed by atoms with E-state index in [1.165, 1.54) is 6.20 Å². The maximum Gasteiger partial charge on any atom is 0.322 e. The SMILES string of the molecule is O=C(O)C1Cn2c(Cl)cnc2CN1. The molecule has 0 aromatic carbocycles. The van der Waals surface area contributed by atoms with Crippen LogP contribution in [-0.4, -0.2) is 26.7 Å². The van der Waals surface area contributed by atoms with Gasteiger partial charge in [-0.2, -0.15) is 0 Å². The van der Waals surface area contributed by atoms with E-state index in [2.05, 4.69) is 10.3 Å². The Balaban J connectivity index is 2.27. The van der Waals surface area contributed by atoms with E-state index in [1.807, 2.05) is 0 Å². The van der Waals surface area contributed by atoms with Crippen LogP contribution in [0.15, 0.2) is 6.20 Å². The van der Waals surface area contributed by atoms with Crippen molar-refractivity contribution < 1.29 is 9.90 Å². The molecule has 0 aliphatic carbocycles. The summed E-state index contributed by atoms with van der Waals surface area (Å²) in [6, 6.07) is -0.570. The van der Waals surface area contributed by atoms with Crippen LogP contribution in [0.1, 0.15) is 5.82 Å². The molecule has 1 aromatic heterocycles. The van der Waals surface area contributed by atoms with Crippen LogP contribution in [0.2, 0.25) is 5.15 Å². The first-order valence-electron chi connectivity index (χ1n) is 3.84. The second-order valence-corrected chi connectivity index (χ2v) is 3.27. The average Bonchev–Trinajstić information content (AvgIpc) is 2.47. The number of nitrogens with zero attached hydrogens (tertiary/aromatic N) is 2. The number of aromatic nitrogens is 2. The molecule has 0 spiro atoms. The van der Waals surface area contributed by atoms with Gasteiger partial charge in [-0.3, -0.25) is 10.1 Å². The number of nitrogens with one attached hydrogen (secondary N) is 1. The third-order valence-electron chi connectivity index (χ3n) is 2.06. The zero-order valence-electron chi connectivity index (χ0n) is 6.70. The van der Waals surface area contributed by atoms with E-state index >= 15 is 0 Å². The standard InChI is InChI=1S/C7H8ClN3O2/c8-5-1-10-6-2-9-4(7(12)13)3-11(5)6/h1,4,9H,2-3H2,(H,12,13). The molecule has 1 atom stereocenters. The Morgan fingerprint density at radius 2 is 2.62 bits per heavy atom. The van der Waals surface area contributed by atoms with Crippen LogP contribution < -0.4 is 5.32 Å². The number of hydrogen-bond acceptors (Lipinski definition) is 3. The molecule has 0 saturated heterocycles. The van der Waals surface area contributed by atoms with Gasteiger partial charge in [-0.15, -0.1) is 0 Å². The third-order valence-corrected chi connectivity index (χ3v) is 2.36. The van der Waals surface area contributed by atoms with Crippen LogP contribution in [0, 0.1) is 0 Å². The summed E-state index contributed by atoms with van der Waals surface area (Å²) in [6.45, 7) is 0.785. The van der Waals surface area contributed by atoms with Crippen molar-refractivity contribution >= 4 is 17.6 Å². The minimum Gasteiger partial charge on any atom is -0.480 e. The molecular weight excluding hydrogens is 194 g/mol. The van der Waals surface area contributed by atoms with E-state index in [0.717, 1.165) is 5.82 Å². The number of aliphatic carboxylic acids is 1. The third kappa shape index (κ3) is 1.40. The van der Waals surface area contributed by atoms with Crippen molar-refractivity contribution in [2.75, 3.05) is 0 Å². The van der Waals surface area contributed by atoms with Gasteiger partial charge in [-0.25, -0.2) is 4.98 Å². The number of rotatable bonds is 1. The Labute approximate surface area is 79.3 Å². The number of imidazole rings is 1. The minimum atomic E-state index is -0.865. The zero-order chi connectivity index (χ0) is 9.42. The lowest BCUT2D eigenvalue weighted by atomic mass is 10.2. The number of hydrogen-bond donors (Lipinski definition) is 2. The van der Waals surface area contributed by atoms with Crippen LogP contribution in [0.25, 0.3) is 0 Å². The quantitative estimate of drug-likeness (QED) is 0.676. The Morgan fingerprint density at radius 1 is 1.85 bits per heavy atom. The lowest BCUT2D eigenvalue weighted by Crippen LogP contribution is -2.44. The predicted octanol–water partition coefficient (Wildman–Crippen LogP) is 0.0929. The molecule has 1 aliphatic heterocycles. The van der Waals surface area contributed by atoms with Gasteiger partial charge in [0.05, 0.1) is 19.3 Å². The first-order valence-corrected chi connectivity index (χ1v) is 4.22. The molecule has 2 N–H and O–H groups in total. The van der Waals surface area contributed by atoms with Crippen molar-refractivity contribution in [3.63, 3.8) is 0 Å². The molecule has 70 valence electrons. The number of carboxylic acids is 1. The topological polar surface area (TPSA) is 67.1 Å². The summed E-state index contributed by atoms with van der Waals surface area (Å²) in [6.07, 6.45) is 1.53. The molecule has 0 fully saturated rings. The molecule has 2 rings (SSSR count). The second-order valence-electron chi connectivity index (χ2n) is 2.88. The Bertz CT molecular complexity index is 350. The monoisotopic (exact) mass is 201 g/mol. The van der Waals surface area contributed by atoms with Gasteiger partial charge in [0.2, 0.25) is 0 Å². The minimum absolute atomic E-state index is 0.337. The number of halogens is 1. The van der Waals surface area contributed by atoms with Crippen molar-refractivity contribution in [3.05, 3.63) is 17.2 Å². The summed E-state index contributed by atoms with van der Waals surface area (Å²) < 4.78 is 1.71. The first-order chi connectivity index (χ1) is 6.18. The molecule has 1 unspecified atom stereocenters. The highest BCUT2D eigenvalue weighted by molar-refractivity contribution is 6.29. The van der Waals surface area contributed by atoms with Crippen LogP contribution in [0.5, 0.6) is 0 Å². The normalized spacial score (nSPS) is 21.2. The fraction of sp³-hybridized carbons (Fsp3) is 0.429. The van der Waals surface area contributed by atoms with Crippen molar-refractivity contribution in [3.8, 4) is 0 Å². The molecule has 0 bridgehead atoms. The molecule has 6 heteroatoms. The molecule has 2 heterocycles. The van der Waals surface area contributed by atoms with E-state index in [1.54, 1.807) is 4.57 Å². The highest BCUT2D eigenvalue weighted by atomic mass is 35.5. The molecule has 0 radical (unpaired) electrons. The molecule has 0 amide bonds. The van der Waals surface area contributed by atoms with E-state index in [9.17, 15) is 4.79 Å². The molecule has 13 heavy (non-hydrogen) atoms. The smallest absolute Gasteiger partial charge is 0.322 e. The van der Waals surface area contributed by atoms with Gasteiger partial charge in [0.25, 0.3) is 0 Å². The van der Waals surface area contributed by atoms with E-state index < -0.39 is 12.0 Å². The molecule has 5 nitrogen and oxygen atoms in total.